The first-order valence-corrected chi connectivity index (χ1v) is 10.3. The zero-order chi connectivity index (χ0) is 19.2. The molecule has 2 aliphatic rings. The van der Waals surface area contributed by atoms with Gasteiger partial charge < -0.3 is 10.4 Å². The standard InChI is InChI=1S/C22H32N2O3/c1-2-24(15-22(26)27)20-13-19(14-20)23-21(25)12-16-8-10-18(11-9-16)17-6-4-3-5-7-17/h3-7,16,18-20H,2,8-15H2,1H3,(H,23,25)(H,26,27). The molecule has 1 amide bonds. The first kappa shape index (κ1) is 19.9. The van der Waals surface area contributed by atoms with Crippen LogP contribution in [0, 0.1) is 5.92 Å². The maximum Gasteiger partial charge on any atom is 0.317 e. The minimum Gasteiger partial charge on any atom is -0.480 e. The lowest BCUT2D eigenvalue weighted by atomic mass is 9.77. The predicted molar refractivity (Wildman–Crippen MR) is 106 cm³/mol. The predicted octanol–water partition coefficient (Wildman–Crippen LogP) is 3.40. The Morgan fingerprint density at radius 1 is 1.11 bits per heavy atom. The van der Waals surface area contributed by atoms with E-state index in [0.29, 0.717) is 18.3 Å². The Balaban J connectivity index is 1.35. The van der Waals surface area contributed by atoms with Crippen molar-refractivity contribution in [2.45, 2.75) is 69.9 Å². The highest BCUT2D eigenvalue weighted by Gasteiger charge is 2.35. The van der Waals surface area contributed by atoms with Gasteiger partial charge in [-0.3, -0.25) is 14.5 Å². The van der Waals surface area contributed by atoms with E-state index in [1.54, 1.807) is 0 Å². The molecule has 2 fully saturated rings. The molecule has 5 nitrogen and oxygen atoms in total. The molecule has 2 N–H and O–H groups in total. The number of hydrogen-bond donors (Lipinski definition) is 2. The summed E-state index contributed by atoms with van der Waals surface area (Å²) in [7, 11) is 0. The Morgan fingerprint density at radius 2 is 1.78 bits per heavy atom. The maximum atomic E-state index is 12.4. The first-order chi connectivity index (χ1) is 13.0. The van der Waals surface area contributed by atoms with Gasteiger partial charge in [0.25, 0.3) is 0 Å². The van der Waals surface area contributed by atoms with Crippen molar-refractivity contribution in [2.75, 3.05) is 13.1 Å². The first-order valence-electron chi connectivity index (χ1n) is 10.3. The van der Waals surface area contributed by atoms with Crippen molar-refractivity contribution in [1.82, 2.24) is 10.2 Å². The average Bonchev–Trinajstić information content (AvgIpc) is 2.64. The van der Waals surface area contributed by atoms with Crippen molar-refractivity contribution in [3.8, 4) is 0 Å². The Labute approximate surface area is 162 Å². The Kier molecular flexibility index (Phi) is 6.89. The fraction of sp³-hybridized carbons (Fsp3) is 0.636. The van der Waals surface area contributed by atoms with Crippen LogP contribution in [0.3, 0.4) is 0 Å². The van der Waals surface area contributed by atoms with Crippen LogP contribution in [0.15, 0.2) is 30.3 Å². The molecule has 0 aromatic heterocycles. The summed E-state index contributed by atoms with van der Waals surface area (Å²) >= 11 is 0. The molecule has 0 saturated heterocycles. The van der Waals surface area contributed by atoms with Gasteiger partial charge in [-0.2, -0.15) is 0 Å². The second-order valence-electron chi connectivity index (χ2n) is 8.18. The summed E-state index contributed by atoms with van der Waals surface area (Å²) < 4.78 is 0. The number of carbonyl (C=O) groups is 2. The van der Waals surface area contributed by atoms with Crippen LogP contribution < -0.4 is 5.32 Å². The average molecular weight is 373 g/mol. The summed E-state index contributed by atoms with van der Waals surface area (Å²) in [4.78, 5) is 25.2. The van der Waals surface area contributed by atoms with E-state index in [1.807, 2.05) is 11.8 Å². The fourth-order valence-corrected chi connectivity index (χ4v) is 4.65. The number of nitrogens with one attached hydrogen (secondary N) is 1. The summed E-state index contributed by atoms with van der Waals surface area (Å²) in [6, 6.07) is 11.2. The van der Waals surface area contributed by atoms with Crippen molar-refractivity contribution in [3.05, 3.63) is 35.9 Å². The summed E-state index contributed by atoms with van der Waals surface area (Å²) in [6.07, 6.45) is 6.98. The topological polar surface area (TPSA) is 69.6 Å². The van der Waals surface area contributed by atoms with E-state index in [4.69, 9.17) is 5.11 Å². The molecular weight excluding hydrogens is 340 g/mol. The molecule has 0 spiro atoms. The van der Waals surface area contributed by atoms with Gasteiger partial charge >= 0.3 is 5.97 Å². The molecule has 0 atom stereocenters. The molecule has 0 radical (unpaired) electrons. The van der Waals surface area contributed by atoms with Gasteiger partial charge in [0.1, 0.15) is 0 Å². The molecule has 0 unspecified atom stereocenters. The minimum absolute atomic E-state index is 0.0898. The SMILES string of the molecule is CCN(CC(=O)O)C1CC(NC(=O)CC2CCC(c3ccccc3)CC2)C1. The quantitative estimate of drug-likeness (QED) is 0.734. The van der Waals surface area contributed by atoms with Gasteiger partial charge in [0.05, 0.1) is 6.54 Å². The van der Waals surface area contributed by atoms with Crippen molar-refractivity contribution >= 4 is 11.9 Å². The monoisotopic (exact) mass is 372 g/mol. The lowest BCUT2D eigenvalue weighted by molar-refractivity contribution is -0.139. The van der Waals surface area contributed by atoms with E-state index in [2.05, 4.69) is 35.6 Å². The van der Waals surface area contributed by atoms with Crippen LogP contribution in [0.25, 0.3) is 0 Å². The normalized spacial score (nSPS) is 27.8. The molecule has 0 bridgehead atoms. The van der Waals surface area contributed by atoms with E-state index in [-0.39, 0.29) is 24.5 Å². The molecule has 1 aromatic carbocycles. The van der Waals surface area contributed by atoms with Crippen LogP contribution in [0.4, 0.5) is 0 Å². The molecule has 148 valence electrons. The second-order valence-corrected chi connectivity index (χ2v) is 8.18. The number of benzene rings is 1. The number of carboxylic acids is 1. The number of nitrogens with zero attached hydrogens (tertiary/aromatic N) is 1. The summed E-state index contributed by atoms with van der Waals surface area (Å²) in [6.45, 7) is 2.81. The smallest absolute Gasteiger partial charge is 0.317 e. The molecular formula is C22H32N2O3. The maximum absolute atomic E-state index is 12.4. The zero-order valence-electron chi connectivity index (χ0n) is 16.3. The highest BCUT2D eigenvalue weighted by Crippen LogP contribution is 2.37. The molecule has 27 heavy (non-hydrogen) atoms. The van der Waals surface area contributed by atoms with Crippen molar-refractivity contribution in [1.29, 1.82) is 0 Å². The number of rotatable bonds is 8. The number of amides is 1. The van der Waals surface area contributed by atoms with Gasteiger partial charge in [-0.15, -0.1) is 0 Å². The van der Waals surface area contributed by atoms with E-state index in [1.165, 1.54) is 18.4 Å². The number of carboxylic acid groups (broad SMARTS) is 1. The molecule has 0 aliphatic heterocycles. The minimum atomic E-state index is -0.782. The molecule has 3 rings (SSSR count). The molecule has 0 heterocycles. The van der Waals surface area contributed by atoms with Crippen LogP contribution in [0.5, 0.6) is 0 Å². The third kappa shape index (κ3) is 5.55. The lowest BCUT2D eigenvalue weighted by Gasteiger charge is -2.42. The van der Waals surface area contributed by atoms with Crippen molar-refractivity contribution in [2.24, 2.45) is 5.92 Å². The summed E-state index contributed by atoms with van der Waals surface area (Å²) in [5.41, 5.74) is 1.43. The van der Waals surface area contributed by atoms with Gasteiger partial charge in [0.15, 0.2) is 0 Å². The Bertz CT molecular complexity index is 620. The fourth-order valence-electron chi connectivity index (χ4n) is 4.65. The van der Waals surface area contributed by atoms with Gasteiger partial charge in [-0.25, -0.2) is 0 Å². The lowest BCUT2D eigenvalue weighted by Crippen LogP contribution is -2.55. The largest absolute Gasteiger partial charge is 0.480 e. The second kappa shape index (κ2) is 9.36. The van der Waals surface area contributed by atoms with Crippen LogP contribution in [0.1, 0.15) is 63.4 Å². The molecule has 5 heteroatoms. The number of hydrogen-bond acceptors (Lipinski definition) is 3. The van der Waals surface area contributed by atoms with Crippen LogP contribution in [0.2, 0.25) is 0 Å². The van der Waals surface area contributed by atoms with Crippen molar-refractivity contribution in [3.63, 3.8) is 0 Å². The Hall–Kier alpha value is -1.88. The van der Waals surface area contributed by atoms with Gasteiger partial charge in [0.2, 0.25) is 5.91 Å². The molecule has 1 aromatic rings. The summed E-state index contributed by atoms with van der Waals surface area (Å²) in [5, 5.41) is 12.1. The highest BCUT2D eigenvalue weighted by molar-refractivity contribution is 5.76. The van der Waals surface area contributed by atoms with E-state index in [9.17, 15) is 9.59 Å². The zero-order valence-corrected chi connectivity index (χ0v) is 16.3. The van der Waals surface area contributed by atoms with Gasteiger partial charge in [-0.05, 0) is 62.5 Å². The van der Waals surface area contributed by atoms with Crippen LogP contribution in [-0.2, 0) is 9.59 Å². The van der Waals surface area contributed by atoms with E-state index >= 15 is 0 Å². The highest BCUT2D eigenvalue weighted by atomic mass is 16.4. The third-order valence-corrected chi connectivity index (χ3v) is 6.33. The van der Waals surface area contributed by atoms with Crippen LogP contribution >= 0.6 is 0 Å². The molecule has 2 aliphatic carbocycles. The summed E-state index contributed by atoms with van der Waals surface area (Å²) in [5.74, 6) is 0.533. The molecule has 2 saturated carbocycles. The number of likely N-dealkylation sites (N-methyl/N-ethyl adjacent to an activating group) is 1. The number of carbonyl (C=O) groups excluding carboxylic acids is 1. The van der Waals surface area contributed by atoms with Crippen LogP contribution in [-0.4, -0.2) is 47.1 Å². The number of aliphatic carboxylic acids is 1. The van der Waals surface area contributed by atoms with Gasteiger partial charge in [0, 0.05) is 18.5 Å². The Morgan fingerprint density at radius 3 is 2.37 bits per heavy atom. The third-order valence-electron chi connectivity index (χ3n) is 6.33. The van der Waals surface area contributed by atoms with Crippen molar-refractivity contribution < 1.29 is 14.7 Å². The van der Waals surface area contributed by atoms with Gasteiger partial charge in [-0.1, -0.05) is 37.3 Å². The van der Waals surface area contributed by atoms with E-state index in [0.717, 1.165) is 32.2 Å². The van der Waals surface area contributed by atoms with E-state index < -0.39 is 5.97 Å².